The molecule has 0 aliphatic heterocycles. The first-order valence-electron chi connectivity index (χ1n) is 5.49. The summed E-state index contributed by atoms with van der Waals surface area (Å²) in [7, 11) is 0. The number of halogens is 1. The van der Waals surface area contributed by atoms with E-state index in [1.807, 2.05) is 0 Å². The summed E-state index contributed by atoms with van der Waals surface area (Å²) < 4.78 is 13.2. The minimum atomic E-state index is -1.31. The van der Waals surface area contributed by atoms with Crippen LogP contribution in [0.2, 0.25) is 0 Å². The van der Waals surface area contributed by atoms with Crippen LogP contribution in [0.5, 0.6) is 0 Å². The van der Waals surface area contributed by atoms with Crippen molar-refractivity contribution < 1.29 is 19.4 Å². The summed E-state index contributed by atoms with van der Waals surface area (Å²) in [5, 5.41) is 22.0. The maximum absolute atomic E-state index is 13.2. The molecule has 1 aromatic rings. The van der Waals surface area contributed by atoms with Crippen LogP contribution in [0.1, 0.15) is 24.2 Å². The van der Waals surface area contributed by atoms with Crippen molar-refractivity contribution in [1.82, 2.24) is 5.32 Å². The molecule has 6 heteroatoms. The van der Waals surface area contributed by atoms with Crippen LogP contribution in [0.25, 0.3) is 0 Å². The van der Waals surface area contributed by atoms with E-state index in [0.717, 1.165) is 12.1 Å². The van der Waals surface area contributed by atoms with E-state index in [4.69, 9.17) is 5.73 Å². The molecule has 2 atom stereocenters. The Balaban J connectivity index is 2.89. The normalized spacial score (nSPS) is 14.1. The summed E-state index contributed by atoms with van der Waals surface area (Å²) in [6.07, 6.45) is -2.54. The third-order valence-corrected chi connectivity index (χ3v) is 2.70. The highest BCUT2D eigenvalue weighted by Crippen LogP contribution is 2.26. The molecule has 0 aromatic heterocycles. The van der Waals surface area contributed by atoms with E-state index in [1.165, 1.54) is 6.92 Å². The van der Waals surface area contributed by atoms with Crippen molar-refractivity contribution in [3.63, 3.8) is 0 Å². The fraction of sp³-hybridized carbons (Fsp3) is 0.417. The largest absolute Gasteiger partial charge is 0.398 e. The number of nitrogens with one attached hydrogen (secondary N) is 1. The molecule has 1 rings (SSSR count). The van der Waals surface area contributed by atoms with Crippen molar-refractivity contribution in [2.75, 3.05) is 12.3 Å². The summed E-state index contributed by atoms with van der Waals surface area (Å²) >= 11 is 0. The van der Waals surface area contributed by atoms with Gasteiger partial charge in [0.25, 0.3) is 0 Å². The van der Waals surface area contributed by atoms with E-state index in [0.29, 0.717) is 5.56 Å². The second-order valence-electron chi connectivity index (χ2n) is 4.16. The van der Waals surface area contributed by atoms with Crippen LogP contribution < -0.4 is 11.1 Å². The van der Waals surface area contributed by atoms with Gasteiger partial charge in [-0.1, -0.05) is 0 Å². The highest BCUT2D eigenvalue weighted by Gasteiger charge is 2.21. The monoisotopic (exact) mass is 256 g/mol. The Morgan fingerprint density at radius 1 is 1.50 bits per heavy atom. The number of nitrogens with two attached hydrogens (primary N) is 1. The van der Waals surface area contributed by atoms with Crippen molar-refractivity contribution in [2.24, 2.45) is 0 Å². The van der Waals surface area contributed by atoms with Gasteiger partial charge in [-0.25, -0.2) is 4.39 Å². The fourth-order valence-corrected chi connectivity index (χ4v) is 1.60. The molecule has 100 valence electrons. The molecule has 0 aliphatic carbocycles. The third-order valence-electron chi connectivity index (χ3n) is 2.70. The van der Waals surface area contributed by atoms with Gasteiger partial charge in [-0.05, 0) is 30.2 Å². The molecule has 0 saturated heterocycles. The van der Waals surface area contributed by atoms with Crippen molar-refractivity contribution >= 4 is 11.6 Å². The number of carbonyl (C=O) groups excluding carboxylic acids is 1. The molecule has 0 spiro atoms. The summed E-state index contributed by atoms with van der Waals surface area (Å²) in [5.41, 5.74) is 6.50. The minimum Gasteiger partial charge on any atom is -0.398 e. The Hall–Kier alpha value is -1.66. The maximum Gasteiger partial charge on any atom is 0.216 e. The highest BCUT2D eigenvalue weighted by molar-refractivity contribution is 5.72. The summed E-state index contributed by atoms with van der Waals surface area (Å²) in [6, 6.07) is 2.26. The van der Waals surface area contributed by atoms with Crippen molar-refractivity contribution in [1.29, 1.82) is 0 Å². The van der Waals surface area contributed by atoms with Crippen LogP contribution in [0.15, 0.2) is 12.1 Å². The lowest BCUT2D eigenvalue weighted by Gasteiger charge is -2.21. The van der Waals surface area contributed by atoms with Gasteiger partial charge in [0.2, 0.25) is 5.91 Å². The topological polar surface area (TPSA) is 95.6 Å². The Kier molecular flexibility index (Phi) is 4.63. The number of aliphatic hydroxyl groups is 2. The van der Waals surface area contributed by atoms with Gasteiger partial charge in [0.15, 0.2) is 0 Å². The van der Waals surface area contributed by atoms with Crippen molar-refractivity contribution in [3.8, 4) is 0 Å². The number of anilines is 1. The van der Waals surface area contributed by atoms with E-state index < -0.39 is 18.0 Å². The number of amides is 1. The molecule has 0 fully saturated rings. The molecule has 0 radical (unpaired) electrons. The Bertz CT molecular complexity index is 451. The first-order chi connectivity index (χ1) is 8.32. The van der Waals surface area contributed by atoms with Gasteiger partial charge in [0, 0.05) is 19.2 Å². The summed E-state index contributed by atoms with van der Waals surface area (Å²) in [5.74, 6) is -0.907. The number of hydrogen-bond acceptors (Lipinski definition) is 4. The minimum absolute atomic E-state index is 0.119. The number of hydrogen-bond donors (Lipinski definition) is 4. The smallest absolute Gasteiger partial charge is 0.216 e. The number of nitrogen functional groups attached to an aromatic ring is 1. The van der Waals surface area contributed by atoms with Gasteiger partial charge in [-0.3, -0.25) is 4.79 Å². The molecule has 0 saturated carbocycles. The van der Waals surface area contributed by atoms with Crippen molar-refractivity contribution in [2.45, 2.75) is 26.1 Å². The average Bonchev–Trinajstić information content (AvgIpc) is 2.29. The quantitative estimate of drug-likeness (QED) is 0.581. The van der Waals surface area contributed by atoms with Gasteiger partial charge in [-0.15, -0.1) is 0 Å². The standard InChI is InChI=1S/C12H17FN2O3/c1-6-9(3-8(13)4-10(6)14)12(18)11(17)5-15-7(2)16/h3-4,11-12,17-18H,5,14H2,1-2H3,(H,15,16). The lowest BCUT2D eigenvalue weighted by molar-refractivity contribution is -0.119. The lowest BCUT2D eigenvalue weighted by Crippen LogP contribution is -2.34. The summed E-state index contributed by atoms with van der Waals surface area (Å²) in [4.78, 5) is 10.7. The summed E-state index contributed by atoms with van der Waals surface area (Å²) in [6.45, 7) is 2.80. The van der Waals surface area contributed by atoms with Gasteiger partial charge in [0.1, 0.15) is 18.0 Å². The molecule has 5 nitrogen and oxygen atoms in total. The maximum atomic E-state index is 13.2. The van der Waals surface area contributed by atoms with Crippen LogP contribution >= 0.6 is 0 Å². The first-order valence-corrected chi connectivity index (χ1v) is 5.49. The number of carbonyl (C=O) groups is 1. The molecule has 1 aromatic carbocycles. The predicted octanol–water partition coefficient (Wildman–Crippen LogP) is 0.247. The first kappa shape index (κ1) is 14.4. The van der Waals surface area contributed by atoms with Crippen LogP contribution in [0.4, 0.5) is 10.1 Å². The number of benzene rings is 1. The SMILES string of the molecule is CC(=O)NCC(O)C(O)c1cc(F)cc(N)c1C. The molecule has 2 unspecified atom stereocenters. The molecule has 18 heavy (non-hydrogen) atoms. The average molecular weight is 256 g/mol. The second kappa shape index (κ2) is 5.79. The molecule has 1 amide bonds. The third kappa shape index (κ3) is 3.41. The zero-order valence-corrected chi connectivity index (χ0v) is 10.3. The van der Waals surface area contributed by atoms with Gasteiger partial charge in [-0.2, -0.15) is 0 Å². The number of rotatable bonds is 4. The van der Waals surface area contributed by atoms with E-state index in [9.17, 15) is 19.4 Å². The molecular weight excluding hydrogens is 239 g/mol. The molecular formula is C12H17FN2O3. The highest BCUT2D eigenvalue weighted by atomic mass is 19.1. The Morgan fingerprint density at radius 3 is 2.67 bits per heavy atom. The molecule has 0 aliphatic rings. The number of aliphatic hydroxyl groups excluding tert-OH is 2. The van der Waals surface area contributed by atoms with Crippen LogP contribution in [-0.4, -0.2) is 28.8 Å². The van der Waals surface area contributed by atoms with E-state index in [1.54, 1.807) is 6.92 Å². The predicted molar refractivity (Wildman–Crippen MR) is 65.2 cm³/mol. The molecule has 5 N–H and O–H groups in total. The van der Waals surface area contributed by atoms with Crippen molar-refractivity contribution in [3.05, 3.63) is 29.1 Å². The zero-order chi connectivity index (χ0) is 13.9. The van der Waals surface area contributed by atoms with Crippen LogP contribution in [0, 0.1) is 12.7 Å². The van der Waals surface area contributed by atoms with E-state index in [2.05, 4.69) is 5.32 Å². The second-order valence-corrected chi connectivity index (χ2v) is 4.16. The van der Waals surface area contributed by atoms with E-state index >= 15 is 0 Å². The Morgan fingerprint density at radius 2 is 2.11 bits per heavy atom. The lowest BCUT2D eigenvalue weighted by atomic mass is 9.98. The van der Waals surface area contributed by atoms with Gasteiger partial charge in [0.05, 0.1) is 0 Å². The van der Waals surface area contributed by atoms with Gasteiger partial charge < -0.3 is 21.3 Å². The van der Waals surface area contributed by atoms with Crippen LogP contribution in [-0.2, 0) is 4.79 Å². The Labute approximate surface area is 104 Å². The fourth-order valence-electron chi connectivity index (χ4n) is 1.60. The zero-order valence-electron chi connectivity index (χ0n) is 10.3. The van der Waals surface area contributed by atoms with Crippen LogP contribution in [0.3, 0.4) is 0 Å². The van der Waals surface area contributed by atoms with E-state index in [-0.39, 0.29) is 23.7 Å². The molecule has 0 heterocycles. The van der Waals surface area contributed by atoms with Gasteiger partial charge >= 0.3 is 0 Å². The molecule has 0 bridgehead atoms.